The number of carbonyl (C=O) groups is 1. The van der Waals surface area contributed by atoms with Crippen LogP contribution in [0.3, 0.4) is 0 Å². The van der Waals surface area contributed by atoms with Gasteiger partial charge in [0.2, 0.25) is 5.91 Å². The topological polar surface area (TPSA) is 29.1 Å². The van der Waals surface area contributed by atoms with E-state index in [2.05, 4.69) is 30.4 Å². The average molecular weight is 342 g/mol. The van der Waals surface area contributed by atoms with E-state index in [0.29, 0.717) is 6.42 Å². The third-order valence-corrected chi connectivity index (χ3v) is 5.06. The van der Waals surface area contributed by atoms with Crippen molar-refractivity contribution in [2.24, 2.45) is 0 Å². The highest BCUT2D eigenvalue weighted by molar-refractivity contribution is 6.30. The van der Waals surface area contributed by atoms with Crippen LogP contribution in [0.2, 0.25) is 5.02 Å². The van der Waals surface area contributed by atoms with Gasteiger partial charge < -0.3 is 5.32 Å². The lowest BCUT2D eigenvalue weighted by Gasteiger charge is -2.20. The molecular formula is C21H24ClNO. The van der Waals surface area contributed by atoms with Crippen LogP contribution >= 0.6 is 11.6 Å². The van der Waals surface area contributed by atoms with E-state index in [1.807, 2.05) is 24.3 Å². The third kappa shape index (κ3) is 4.39. The number of aryl methyl sites for hydroxylation is 3. The van der Waals surface area contributed by atoms with Gasteiger partial charge in [0.1, 0.15) is 0 Å². The molecule has 0 bridgehead atoms. The summed E-state index contributed by atoms with van der Waals surface area (Å²) in [5, 5.41) is 3.85. The fourth-order valence-corrected chi connectivity index (χ4v) is 3.45. The maximum atomic E-state index is 12.2. The monoisotopic (exact) mass is 341 g/mol. The molecule has 0 radical (unpaired) electrons. The fraction of sp³-hybridized carbons (Fsp3) is 0.381. The summed E-state index contributed by atoms with van der Waals surface area (Å²) in [5.74, 6) is 0.0928. The normalized spacial score (nSPS) is 14.8. The second-order valence-electron chi connectivity index (χ2n) is 6.65. The highest BCUT2D eigenvalue weighted by atomic mass is 35.5. The molecule has 0 spiro atoms. The molecule has 1 N–H and O–H groups in total. The van der Waals surface area contributed by atoms with Crippen molar-refractivity contribution in [1.29, 1.82) is 0 Å². The zero-order chi connectivity index (χ0) is 16.9. The molecule has 2 aromatic carbocycles. The first-order chi connectivity index (χ1) is 11.6. The molecule has 1 aliphatic rings. The summed E-state index contributed by atoms with van der Waals surface area (Å²) in [6.07, 6.45) is 6.16. The highest BCUT2D eigenvalue weighted by Crippen LogP contribution is 2.24. The van der Waals surface area contributed by atoms with Crippen LogP contribution in [-0.2, 0) is 24.1 Å². The lowest BCUT2D eigenvalue weighted by atomic mass is 9.89. The number of hydrogen-bond acceptors (Lipinski definition) is 1. The van der Waals surface area contributed by atoms with Crippen molar-refractivity contribution in [3.8, 4) is 0 Å². The van der Waals surface area contributed by atoms with E-state index in [4.69, 9.17) is 11.6 Å². The molecule has 2 nitrogen and oxygen atoms in total. The molecule has 1 atom stereocenters. The predicted octanol–water partition coefficient (Wildman–Crippen LogP) is 5.03. The molecule has 0 fully saturated rings. The minimum atomic E-state index is 0.0509. The van der Waals surface area contributed by atoms with E-state index in [-0.39, 0.29) is 11.9 Å². The molecule has 0 saturated heterocycles. The second kappa shape index (κ2) is 7.85. The van der Waals surface area contributed by atoms with Gasteiger partial charge in [-0.1, -0.05) is 41.9 Å². The summed E-state index contributed by atoms with van der Waals surface area (Å²) in [7, 11) is 0. The number of amides is 1. The van der Waals surface area contributed by atoms with Crippen molar-refractivity contribution in [1.82, 2.24) is 5.32 Å². The molecule has 1 unspecified atom stereocenters. The Bertz CT molecular complexity index is 708. The van der Waals surface area contributed by atoms with Crippen LogP contribution in [0.25, 0.3) is 0 Å². The van der Waals surface area contributed by atoms with Gasteiger partial charge in [0.15, 0.2) is 0 Å². The Hall–Kier alpha value is -1.80. The SMILES string of the molecule is CC(NC(=O)CCc1ccc(Cl)cc1)c1ccc2c(c1)CCCC2. The predicted molar refractivity (Wildman–Crippen MR) is 99.4 cm³/mol. The Morgan fingerprint density at radius 2 is 1.79 bits per heavy atom. The van der Waals surface area contributed by atoms with Gasteiger partial charge in [0, 0.05) is 11.4 Å². The fourth-order valence-electron chi connectivity index (χ4n) is 3.33. The number of nitrogens with one attached hydrogen (secondary N) is 1. The molecule has 1 amide bonds. The van der Waals surface area contributed by atoms with Crippen molar-refractivity contribution in [2.45, 2.75) is 51.5 Å². The van der Waals surface area contributed by atoms with Crippen molar-refractivity contribution >= 4 is 17.5 Å². The van der Waals surface area contributed by atoms with Crippen LogP contribution in [0.4, 0.5) is 0 Å². The quantitative estimate of drug-likeness (QED) is 0.812. The van der Waals surface area contributed by atoms with Gasteiger partial charge in [-0.3, -0.25) is 4.79 Å². The molecule has 1 aliphatic carbocycles. The van der Waals surface area contributed by atoms with Gasteiger partial charge in [0.25, 0.3) is 0 Å². The Balaban J connectivity index is 1.55. The van der Waals surface area contributed by atoms with E-state index >= 15 is 0 Å². The van der Waals surface area contributed by atoms with E-state index < -0.39 is 0 Å². The number of fused-ring (bicyclic) bond motifs is 1. The summed E-state index contributed by atoms with van der Waals surface area (Å²) in [6.45, 7) is 2.06. The van der Waals surface area contributed by atoms with Gasteiger partial charge in [-0.25, -0.2) is 0 Å². The van der Waals surface area contributed by atoms with Crippen molar-refractivity contribution in [3.63, 3.8) is 0 Å². The maximum Gasteiger partial charge on any atom is 0.220 e. The van der Waals surface area contributed by atoms with Crippen LogP contribution < -0.4 is 5.32 Å². The summed E-state index contributed by atoms with van der Waals surface area (Å²) < 4.78 is 0. The second-order valence-corrected chi connectivity index (χ2v) is 7.09. The molecule has 0 aliphatic heterocycles. The Labute approximate surface area is 149 Å². The zero-order valence-corrected chi connectivity index (χ0v) is 14.9. The minimum Gasteiger partial charge on any atom is -0.350 e. The molecular weight excluding hydrogens is 318 g/mol. The maximum absolute atomic E-state index is 12.2. The zero-order valence-electron chi connectivity index (χ0n) is 14.1. The van der Waals surface area contributed by atoms with Crippen LogP contribution in [0.15, 0.2) is 42.5 Å². The first-order valence-corrected chi connectivity index (χ1v) is 9.15. The van der Waals surface area contributed by atoms with Crippen molar-refractivity contribution < 1.29 is 4.79 Å². The smallest absolute Gasteiger partial charge is 0.220 e. The molecule has 0 heterocycles. The lowest BCUT2D eigenvalue weighted by molar-refractivity contribution is -0.121. The van der Waals surface area contributed by atoms with Crippen LogP contribution in [0, 0.1) is 0 Å². The van der Waals surface area contributed by atoms with Crippen LogP contribution in [0.5, 0.6) is 0 Å². The largest absolute Gasteiger partial charge is 0.350 e. The van der Waals surface area contributed by atoms with Crippen LogP contribution in [-0.4, -0.2) is 5.91 Å². The summed E-state index contributed by atoms with van der Waals surface area (Å²) in [5.41, 5.74) is 5.28. The number of hydrogen-bond donors (Lipinski definition) is 1. The van der Waals surface area contributed by atoms with E-state index in [0.717, 1.165) is 17.0 Å². The van der Waals surface area contributed by atoms with E-state index in [1.54, 1.807) is 0 Å². The van der Waals surface area contributed by atoms with Crippen molar-refractivity contribution in [3.05, 3.63) is 69.7 Å². The van der Waals surface area contributed by atoms with Gasteiger partial charge in [-0.15, -0.1) is 0 Å². The Morgan fingerprint density at radius 1 is 1.08 bits per heavy atom. The number of halogens is 1. The standard InChI is InChI=1S/C21H24ClNO/c1-15(18-10-9-17-4-2-3-5-19(17)14-18)23-21(24)13-8-16-6-11-20(22)12-7-16/h6-7,9-12,14-15H,2-5,8,13H2,1H3,(H,23,24). The van der Waals surface area contributed by atoms with E-state index in [9.17, 15) is 4.79 Å². The van der Waals surface area contributed by atoms with Gasteiger partial charge in [-0.05, 0) is 73.4 Å². The molecule has 24 heavy (non-hydrogen) atoms. The van der Waals surface area contributed by atoms with Crippen molar-refractivity contribution in [2.75, 3.05) is 0 Å². The molecule has 0 saturated carbocycles. The summed E-state index contributed by atoms with van der Waals surface area (Å²) in [4.78, 5) is 12.2. The molecule has 2 aromatic rings. The van der Waals surface area contributed by atoms with Crippen LogP contribution in [0.1, 0.15) is 54.5 Å². The summed E-state index contributed by atoms with van der Waals surface area (Å²) >= 11 is 5.88. The molecule has 3 heteroatoms. The summed E-state index contributed by atoms with van der Waals surface area (Å²) in [6, 6.07) is 14.4. The number of carbonyl (C=O) groups excluding carboxylic acids is 1. The van der Waals surface area contributed by atoms with E-state index in [1.165, 1.54) is 42.4 Å². The Kier molecular flexibility index (Phi) is 5.57. The van der Waals surface area contributed by atoms with Gasteiger partial charge in [0.05, 0.1) is 6.04 Å². The molecule has 3 rings (SSSR count). The minimum absolute atomic E-state index is 0.0509. The lowest BCUT2D eigenvalue weighted by Crippen LogP contribution is -2.27. The first-order valence-electron chi connectivity index (χ1n) is 8.77. The molecule has 0 aromatic heterocycles. The number of benzene rings is 2. The van der Waals surface area contributed by atoms with Gasteiger partial charge in [-0.2, -0.15) is 0 Å². The Morgan fingerprint density at radius 3 is 2.54 bits per heavy atom. The third-order valence-electron chi connectivity index (χ3n) is 4.80. The average Bonchev–Trinajstić information content (AvgIpc) is 2.61. The highest BCUT2D eigenvalue weighted by Gasteiger charge is 2.14. The van der Waals surface area contributed by atoms with Gasteiger partial charge >= 0.3 is 0 Å². The first kappa shape index (κ1) is 17.0. The molecule has 126 valence electrons. The number of rotatable bonds is 5.